The third-order valence-electron chi connectivity index (χ3n) is 4.48. The molecule has 0 saturated carbocycles. The Bertz CT molecular complexity index is 897. The topological polar surface area (TPSA) is 75.7 Å². The molecule has 2 aromatic carbocycles. The molecular formula is C19H22N2O4S. The van der Waals surface area contributed by atoms with Gasteiger partial charge in [-0.15, -0.1) is 0 Å². The summed E-state index contributed by atoms with van der Waals surface area (Å²) in [6.07, 6.45) is 0.0430. The van der Waals surface area contributed by atoms with Crippen molar-refractivity contribution in [3.8, 4) is 0 Å². The standard InChI is InChI=1S/C19H22N2O4S/c1-14(25-13-15-6-4-3-5-7-15)19(22)21-11-10-16-12-17(8-9-18(16)21)26(23,24)20-2/h3-9,12,14,20H,10-11,13H2,1-2H3. The summed E-state index contributed by atoms with van der Waals surface area (Å²) in [6.45, 7) is 2.63. The number of benzene rings is 2. The van der Waals surface area contributed by atoms with Gasteiger partial charge in [0.1, 0.15) is 6.10 Å². The first kappa shape index (κ1) is 18.6. The van der Waals surface area contributed by atoms with Crippen molar-refractivity contribution in [2.75, 3.05) is 18.5 Å². The van der Waals surface area contributed by atoms with Crippen LogP contribution in [0.1, 0.15) is 18.1 Å². The number of carbonyl (C=O) groups is 1. The Hall–Kier alpha value is -2.22. The molecular weight excluding hydrogens is 352 g/mol. The summed E-state index contributed by atoms with van der Waals surface area (Å²) in [7, 11) is -2.11. The van der Waals surface area contributed by atoms with Gasteiger partial charge in [-0.25, -0.2) is 13.1 Å². The molecule has 1 heterocycles. The van der Waals surface area contributed by atoms with Crippen molar-refractivity contribution >= 4 is 21.6 Å². The fourth-order valence-corrected chi connectivity index (χ4v) is 3.76. The van der Waals surface area contributed by atoms with Gasteiger partial charge in [0, 0.05) is 12.2 Å². The molecule has 0 aromatic heterocycles. The first-order valence-electron chi connectivity index (χ1n) is 8.46. The minimum atomic E-state index is -3.49. The van der Waals surface area contributed by atoms with Crippen molar-refractivity contribution in [1.82, 2.24) is 4.72 Å². The third kappa shape index (κ3) is 3.80. The Morgan fingerprint density at radius 2 is 1.96 bits per heavy atom. The summed E-state index contributed by atoms with van der Waals surface area (Å²) in [6, 6.07) is 14.5. The molecule has 0 spiro atoms. The number of anilines is 1. The summed E-state index contributed by atoms with van der Waals surface area (Å²) in [4.78, 5) is 14.6. The molecule has 1 aliphatic rings. The maximum Gasteiger partial charge on any atom is 0.255 e. The summed E-state index contributed by atoms with van der Waals surface area (Å²) >= 11 is 0. The van der Waals surface area contributed by atoms with E-state index in [1.807, 2.05) is 30.3 Å². The zero-order valence-electron chi connectivity index (χ0n) is 14.8. The number of nitrogens with zero attached hydrogens (tertiary/aromatic N) is 1. The highest BCUT2D eigenvalue weighted by Gasteiger charge is 2.29. The molecule has 0 bridgehead atoms. The quantitative estimate of drug-likeness (QED) is 0.840. The molecule has 0 aliphatic carbocycles. The highest BCUT2D eigenvalue weighted by molar-refractivity contribution is 7.89. The molecule has 138 valence electrons. The van der Waals surface area contributed by atoms with Gasteiger partial charge in [-0.1, -0.05) is 30.3 Å². The molecule has 0 radical (unpaired) electrons. The average molecular weight is 374 g/mol. The Labute approximate surface area is 153 Å². The van der Waals surface area contributed by atoms with Crippen LogP contribution < -0.4 is 9.62 Å². The number of nitrogens with one attached hydrogen (secondary N) is 1. The van der Waals surface area contributed by atoms with Crippen LogP contribution in [0.25, 0.3) is 0 Å². The number of hydrogen-bond donors (Lipinski definition) is 1. The first-order chi connectivity index (χ1) is 12.4. The average Bonchev–Trinajstić information content (AvgIpc) is 3.09. The van der Waals surface area contributed by atoms with Gasteiger partial charge in [-0.3, -0.25) is 4.79 Å². The van der Waals surface area contributed by atoms with Gasteiger partial charge in [-0.2, -0.15) is 0 Å². The zero-order valence-corrected chi connectivity index (χ0v) is 15.6. The number of rotatable bonds is 6. The predicted octanol–water partition coefficient (Wildman–Crippen LogP) is 2.09. The Morgan fingerprint density at radius 3 is 2.65 bits per heavy atom. The third-order valence-corrected chi connectivity index (χ3v) is 5.89. The van der Waals surface area contributed by atoms with Crippen LogP contribution in [0.15, 0.2) is 53.4 Å². The maximum absolute atomic E-state index is 12.7. The van der Waals surface area contributed by atoms with E-state index in [1.165, 1.54) is 13.1 Å². The van der Waals surface area contributed by atoms with Crippen LogP contribution in [0.3, 0.4) is 0 Å². The van der Waals surface area contributed by atoms with Gasteiger partial charge < -0.3 is 9.64 Å². The van der Waals surface area contributed by atoms with E-state index in [0.717, 1.165) is 16.8 Å². The van der Waals surface area contributed by atoms with Crippen molar-refractivity contribution in [1.29, 1.82) is 0 Å². The smallest absolute Gasteiger partial charge is 0.255 e. The minimum absolute atomic E-state index is 0.121. The van der Waals surface area contributed by atoms with E-state index in [1.54, 1.807) is 24.0 Å². The van der Waals surface area contributed by atoms with E-state index in [4.69, 9.17) is 4.74 Å². The second kappa shape index (κ2) is 7.57. The van der Waals surface area contributed by atoms with E-state index in [-0.39, 0.29) is 10.8 Å². The van der Waals surface area contributed by atoms with E-state index in [0.29, 0.717) is 19.6 Å². The molecule has 1 N–H and O–H groups in total. The lowest BCUT2D eigenvalue weighted by molar-refractivity contribution is -0.129. The van der Waals surface area contributed by atoms with E-state index in [9.17, 15) is 13.2 Å². The van der Waals surface area contributed by atoms with Gasteiger partial charge in [0.15, 0.2) is 0 Å². The van der Waals surface area contributed by atoms with Crippen molar-refractivity contribution < 1.29 is 17.9 Å². The lowest BCUT2D eigenvalue weighted by atomic mass is 10.2. The predicted molar refractivity (Wildman–Crippen MR) is 99.4 cm³/mol. The van der Waals surface area contributed by atoms with E-state index >= 15 is 0 Å². The number of hydrogen-bond acceptors (Lipinski definition) is 4. The molecule has 2 aromatic rings. The van der Waals surface area contributed by atoms with Crippen molar-refractivity contribution in [3.63, 3.8) is 0 Å². The Kier molecular flexibility index (Phi) is 5.41. The van der Waals surface area contributed by atoms with Crippen LogP contribution in [-0.2, 0) is 32.6 Å². The molecule has 1 atom stereocenters. The molecule has 0 fully saturated rings. The number of amides is 1. The lowest BCUT2D eigenvalue weighted by Gasteiger charge is -2.22. The second-order valence-electron chi connectivity index (χ2n) is 6.18. The lowest BCUT2D eigenvalue weighted by Crippen LogP contribution is -2.38. The van der Waals surface area contributed by atoms with Crippen LogP contribution in [-0.4, -0.2) is 34.0 Å². The largest absolute Gasteiger partial charge is 0.364 e. The summed E-state index contributed by atoms with van der Waals surface area (Å²) in [5, 5.41) is 0. The molecule has 1 amide bonds. The summed E-state index contributed by atoms with van der Waals surface area (Å²) < 4.78 is 31.9. The van der Waals surface area contributed by atoms with Crippen LogP contribution in [0.4, 0.5) is 5.69 Å². The van der Waals surface area contributed by atoms with Crippen molar-refractivity contribution in [2.45, 2.75) is 31.0 Å². The molecule has 6 nitrogen and oxygen atoms in total. The second-order valence-corrected chi connectivity index (χ2v) is 8.06. The molecule has 7 heteroatoms. The highest BCUT2D eigenvalue weighted by Crippen LogP contribution is 2.31. The molecule has 0 saturated heterocycles. The normalized spacial score (nSPS) is 14.9. The van der Waals surface area contributed by atoms with Crippen LogP contribution in [0, 0.1) is 0 Å². The number of fused-ring (bicyclic) bond motifs is 1. The molecule has 3 rings (SSSR count). The summed E-state index contributed by atoms with van der Waals surface area (Å²) in [5.41, 5.74) is 2.61. The fraction of sp³-hybridized carbons (Fsp3) is 0.316. The van der Waals surface area contributed by atoms with Gasteiger partial charge >= 0.3 is 0 Å². The van der Waals surface area contributed by atoms with E-state index < -0.39 is 16.1 Å². The van der Waals surface area contributed by atoms with Crippen LogP contribution in [0.2, 0.25) is 0 Å². The molecule has 1 unspecified atom stereocenters. The van der Waals surface area contributed by atoms with Crippen molar-refractivity contribution in [2.24, 2.45) is 0 Å². The van der Waals surface area contributed by atoms with Crippen molar-refractivity contribution in [3.05, 3.63) is 59.7 Å². The van der Waals surface area contributed by atoms with Gasteiger partial charge in [0.25, 0.3) is 5.91 Å². The Balaban J connectivity index is 1.71. The SMILES string of the molecule is CNS(=O)(=O)c1ccc2c(c1)CCN2C(=O)C(C)OCc1ccccc1. The first-order valence-corrected chi connectivity index (χ1v) is 9.94. The number of sulfonamides is 1. The number of ether oxygens (including phenoxy) is 1. The van der Waals surface area contributed by atoms with Gasteiger partial charge in [-0.05, 0) is 49.7 Å². The fourth-order valence-electron chi connectivity index (χ4n) is 2.98. The number of carbonyl (C=O) groups excluding carboxylic acids is 1. The zero-order chi connectivity index (χ0) is 18.7. The minimum Gasteiger partial charge on any atom is -0.364 e. The maximum atomic E-state index is 12.7. The van der Waals surface area contributed by atoms with Gasteiger partial charge in [0.05, 0.1) is 11.5 Å². The molecule has 1 aliphatic heterocycles. The monoisotopic (exact) mass is 374 g/mol. The Morgan fingerprint density at radius 1 is 1.23 bits per heavy atom. The van der Waals surface area contributed by atoms with E-state index in [2.05, 4.69) is 4.72 Å². The van der Waals surface area contributed by atoms with Crippen LogP contribution >= 0.6 is 0 Å². The summed E-state index contributed by atoms with van der Waals surface area (Å²) in [5.74, 6) is -0.121. The molecule has 26 heavy (non-hydrogen) atoms. The highest BCUT2D eigenvalue weighted by atomic mass is 32.2. The van der Waals surface area contributed by atoms with Crippen LogP contribution in [0.5, 0.6) is 0 Å². The van der Waals surface area contributed by atoms with Gasteiger partial charge in [0.2, 0.25) is 10.0 Å².